The predicted octanol–water partition coefficient (Wildman–Crippen LogP) is 1.79. The Morgan fingerprint density at radius 2 is 2.12 bits per heavy atom. The SMILES string of the molecule is COC(CN)CC(=O)N(C)CC(c1cccs1)N1CCOCC1.Cl.Cl. The molecule has 146 valence electrons. The Bertz CT molecular complexity index is 469. The van der Waals surface area contributed by atoms with E-state index in [1.807, 2.05) is 7.05 Å². The van der Waals surface area contributed by atoms with Gasteiger partial charge in [-0.15, -0.1) is 36.2 Å². The summed E-state index contributed by atoms with van der Waals surface area (Å²) >= 11 is 1.74. The van der Waals surface area contributed by atoms with Crippen LogP contribution in [0.1, 0.15) is 17.3 Å². The molecule has 0 bridgehead atoms. The number of nitrogens with two attached hydrogens (primary N) is 1. The first kappa shape index (κ1) is 24.6. The van der Waals surface area contributed by atoms with Gasteiger partial charge in [0.15, 0.2) is 0 Å². The van der Waals surface area contributed by atoms with Crippen LogP contribution in [0.15, 0.2) is 17.5 Å². The molecule has 0 saturated carbocycles. The number of thiophene rings is 1. The Hall–Kier alpha value is -0.410. The maximum absolute atomic E-state index is 12.4. The van der Waals surface area contributed by atoms with Crippen LogP contribution >= 0.6 is 36.2 Å². The number of amides is 1. The van der Waals surface area contributed by atoms with Gasteiger partial charge < -0.3 is 20.1 Å². The van der Waals surface area contributed by atoms with Crippen LogP contribution in [0.2, 0.25) is 0 Å². The molecule has 1 aliphatic heterocycles. The van der Waals surface area contributed by atoms with Gasteiger partial charge in [-0.1, -0.05) is 6.07 Å². The molecule has 2 N–H and O–H groups in total. The second kappa shape index (κ2) is 12.9. The van der Waals surface area contributed by atoms with Gasteiger partial charge in [0.25, 0.3) is 0 Å². The molecule has 2 rings (SSSR count). The molecule has 25 heavy (non-hydrogen) atoms. The van der Waals surface area contributed by atoms with Crippen molar-refractivity contribution < 1.29 is 14.3 Å². The lowest BCUT2D eigenvalue weighted by Gasteiger charge is -2.36. The third-order valence-electron chi connectivity index (χ3n) is 4.23. The summed E-state index contributed by atoms with van der Waals surface area (Å²) in [6, 6.07) is 4.41. The molecule has 1 aliphatic rings. The van der Waals surface area contributed by atoms with Gasteiger partial charge in [-0.3, -0.25) is 9.69 Å². The van der Waals surface area contributed by atoms with Crippen molar-refractivity contribution in [2.75, 3.05) is 53.6 Å². The van der Waals surface area contributed by atoms with Crippen LogP contribution < -0.4 is 5.73 Å². The molecule has 0 radical (unpaired) electrons. The molecule has 0 aromatic carbocycles. The largest absolute Gasteiger partial charge is 0.380 e. The molecule has 1 fully saturated rings. The summed E-state index contributed by atoms with van der Waals surface area (Å²) in [6.07, 6.45) is 0.109. The summed E-state index contributed by atoms with van der Waals surface area (Å²) in [7, 11) is 3.44. The number of rotatable bonds is 8. The van der Waals surface area contributed by atoms with E-state index >= 15 is 0 Å². The van der Waals surface area contributed by atoms with Crippen LogP contribution in [0.25, 0.3) is 0 Å². The van der Waals surface area contributed by atoms with Gasteiger partial charge in [-0.25, -0.2) is 0 Å². The zero-order chi connectivity index (χ0) is 16.7. The van der Waals surface area contributed by atoms with Gasteiger partial charge in [0.05, 0.1) is 31.8 Å². The first-order valence-corrected chi connectivity index (χ1v) is 8.85. The lowest BCUT2D eigenvalue weighted by Crippen LogP contribution is -2.44. The number of likely N-dealkylation sites (N-methyl/N-ethyl adjacent to an activating group) is 1. The second-order valence-corrected chi connectivity index (χ2v) is 6.73. The molecule has 0 aliphatic carbocycles. The minimum Gasteiger partial charge on any atom is -0.380 e. The number of morpholine rings is 1. The highest BCUT2D eigenvalue weighted by Gasteiger charge is 2.26. The maximum Gasteiger partial charge on any atom is 0.225 e. The molecule has 2 unspecified atom stereocenters. The highest BCUT2D eigenvalue weighted by Crippen LogP contribution is 2.27. The van der Waals surface area contributed by atoms with E-state index in [4.69, 9.17) is 15.2 Å². The zero-order valence-electron chi connectivity index (χ0n) is 14.8. The number of carbonyl (C=O) groups is 1. The molecule has 2 heterocycles. The number of hydrogen-bond donors (Lipinski definition) is 1. The van der Waals surface area contributed by atoms with Crippen molar-refractivity contribution in [2.24, 2.45) is 5.73 Å². The fourth-order valence-corrected chi connectivity index (χ4v) is 3.58. The van der Waals surface area contributed by atoms with Crippen LogP contribution in [-0.4, -0.2) is 75.4 Å². The Balaban J connectivity index is 0.00000288. The molecule has 2 atom stereocenters. The van der Waals surface area contributed by atoms with Gasteiger partial charge in [-0.2, -0.15) is 0 Å². The number of methoxy groups -OCH3 is 1. The second-order valence-electron chi connectivity index (χ2n) is 5.75. The predicted molar refractivity (Wildman–Crippen MR) is 106 cm³/mol. The lowest BCUT2D eigenvalue weighted by atomic mass is 10.1. The van der Waals surface area contributed by atoms with Crippen LogP contribution in [-0.2, 0) is 14.3 Å². The average molecular weight is 414 g/mol. The summed E-state index contributed by atoms with van der Waals surface area (Å²) < 4.78 is 10.7. The molecular weight excluding hydrogens is 385 g/mol. The first-order valence-electron chi connectivity index (χ1n) is 7.97. The number of nitrogens with zero attached hydrogens (tertiary/aromatic N) is 2. The zero-order valence-corrected chi connectivity index (χ0v) is 17.2. The molecule has 9 heteroatoms. The molecule has 1 aromatic rings. The third-order valence-corrected chi connectivity index (χ3v) is 5.20. The van der Waals surface area contributed by atoms with Crippen molar-refractivity contribution in [1.82, 2.24) is 9.80 Å². The Labute approximate surface area is 166 Å². The Kier molecular flexibility index (Phi) is 12.7. The molecule has 1 aromatic heterocycles. The average Bonchev–Trinajstić information content (AvgIpc) is 3.12. The van der Waals surface area contributed by atoms with E-state index < -0.39 is 0 Å². The normalized spacial score (nSPS) is 17.1. The monoisotopic (exact) mass is 413 g/mol. The summed E-state index contributed by atoms with van der Waals surface area (Å²) in [5, 5.41) is 2.08. The van der Waals surface area contributed by atoms with Crippen molar-refractivity contribution in [1.29, 1.82) is 0 Å². The molecule has 0 spiro atoms. The van der Waals surface area contributed by atoms with Crippen molar-refractivity contribution in [3.05, 3.63) is 22.4 Å². The standard InChI is InChI=1S/C16H27N3O3S.2ClH/c1-18(16(20)10-13(11-17)21-2)12-14(15-4-3-9-23-15)19-5-7-22-8-6-19;;/h3-4,9,13-14H,5-8,10-12,17H2,1-2H3;2*1H. The summed E-state index contributed by atoms with van der Waals surface area (Å²) in [6.45, 7) is 4.31. The van der Waals surface area contributed by atoms with Gasteiger partial charge in [-0.05, 0) is 11.4 Å². The van der Waals surface area contributed by atoms with E-state index in [0.29, 0.717) is 19.5 Å². The van der Waals surface area contributed by atoms with Crippen molar-refractivity contribution in [2.45, 2.75) is 18.6 Å². The topological polar surface area (TPSA) is 68.0 Å². The van der Waals surface area contributed by atoms with Crippen molar-refractivity contribution >= 4 is 42.1 Å². The van der Waals surface area contributed by atoms with Crippen molar-refractivity contribution in [3.8, 4) is 0 Å². The quantitative estimate of drug-likeness (QED) is 0.703. The summed E-state index contributed by atoms with van der Waals surface area (Å²) in [5.41, 5.74) is 5.61. The first-order chi connectivity index (χ1) is 11.2. The van der Waals surface area contributed by atoms with E-state index in [0.717, 1.165) is 26.3 Å². The van der Waals surface area contributed by atoms with Crippen molar-refractivity contribution in [3.63, 3.8) is 0 Å². The highest BCUT2D eigenvalue weighted by atomic mass is 35.5. The van der Waals surface area contributed by atoms with Crippen LogP contribution in [0.3, 0.4) is 0 Å². The summed E-state index contributed by atoms with van der Waals surface area (Å²) in [4.78, 5) is 17.9. The van der Waals surface area contributed by atoms with E-state index in [2.05, 4.69) is 22.4 Å². The number of carbonyl (C=O) groups excluding carboxylic acids is 1. The lowest BCUT2D eigenvalue weighted by molar-refractivity contribution is -0.133. The van der Waals surface area contributed by atoms with Gasteiger partial charge in [0.2, 0.25) is 5.91 Å². The highest BCUT2D eigenvalue weighted by molar-refractivity contribution is 7.10. The molecule has 6 nitrogen and oxygen atoms in total. The fourth-order valence-electron chi connectivity index (χ4n) is 2.73. The van der Waals surface area contributed by atoms with Crippen LogP contribution in [0.5, 0.6) is 0 Å². The summed E-state index contributed by atoms with van der Waals surface area (Å²) in [5.74, 6) is 0.0668. The van der Waals surface area contributed by atoms with Crippen LogP contribution in [0.4, 0.5) is 0 Å². The Morgan fingerprint density at radius 3 is 2.64 bits per heavy atom. The van der Waals surface area contributed by atoms with Gasteiger partial charge >= 0.3 is 0 Å². The van der Waals surface area contributed by atoms with E-state index in [1.54, 1.807) is 23.3 Å². The smallest absolute Gasteiger partial charge is 0.225 e. The van der Waals surface area contributed by atoms with E-state index in [-0.39, 0.29) is 42.9 Å². The van der Waals surface area contributed by atoms with Crippen LogP contribution in [0, 0.1) is 0 Å². The van der Waals surface area contributed by atoms with E-state index in [1.165, 1.54) is 4.88 Å². The van der Waals surface area contributed by atoms with E-state index in [9.17, 15) is 4.79 Å². The number of halogens is 2. The minimum atomic E-state index is -0.214. The van der Waals surface area contributed by atoms with Gasteiger partial charge in [0, 0.05) is 45.2 Å². The molecular formula is C16H29Cl2N3O3S. The number of ether oxygens (including phenoxy) is 2. The minimum absolute atomic E-state index is 0. The Morgan fingerprint density at radius 1 is 1.44 bits per heavy atom. The molecule has 1 saturated heterocycles. The number of hydrogen-bond acceptors (Lipinski definition) is 6. The fraction of sp³-hybridized carbons (Fsp3) is 0.688. The molecule has 1 amide bonds. The van der Waals surface area contributed by atoms with Gasteiger partial charge in [0.1, 0.15) is 0 Å². The third kappa shape index (κ3) is 7.38. The maximum atomic E-state index is 12.4.